The fourth-order valence-electron chi connectivity index (χ4n) is 2.50. The second-order valence-corrected chi connectivity index (χ2v) is 5.01. The van der Waals surface area contributed by atoms with Gasteiger partial charge in [0.05, 0.1) is 6.61 Å². The van der Waals surface area contributed by atoms with Crippen molar-refractivity contribution in [1.82, 2.24) is 15.3 Å². The molecule has 108 valence electrons. The minimum absolute atomic E-state index is 0.0949. The van der Waals surface area contributed by atoms with Crippen LogP contribution in [0.3, 0.4) is 0 Å². The van der Waals surface area contributed by atoms with Crippen LogP contribution in [0.4, 0.5) is 5.82 Å². The molecule has 6 heteroatoms. The Bertz CT molecular complexity index is 674. The largest absolute Gasteiger partial charge is 0.493 e. The first-order valence-electron chi connectivity index (χ1n) is 6.76. The topological polar surface area (TPSA) is 90.1 Å². The monoisotopic (exact) mass is 284 g/mol. The number of para-hydroxylation sites is 1. The van der Waals surface area contributed by atoms with Crippen LogP contribution in [0.15, 0.2) is 36.7 Å². The number of carbonyl (C=O) groups excluding carboxylic acids is 1. The number of amides is 1. The summed E-state index contributed by atoms with van der Waals surface area (Å²) in [7, 11) is 0. The zero-order valence-corrected chi connectivity index (χ0v) is 11.6. The third kappa shape index (κ3) is 2.52. The highest BCUT2D eigenvalue weighted by Crippen LogP contribution is 2.35. The third-order valence-corrected chi connectivity index (χ3v) is 3.64. The lowest BCUT2D eigenvalue weighted by Crippen LogP contribution is -2.38. The molecule has 0 bridgehead atoms. The SMILES string of the molecule is C[C@@H](NC(=O)c1nccnc1N)[C@@H]1COc2ccccc21. The first-order chi connectivity index (χ1) is 10.2. The Morgan fingerprint density at radius 3 is 2.95 bits per heavy atom. The number of nitrogens with one attached hydrogen (secondary N) is 1. The van der Waals surface area contributed by atoms with Crippen LogP contribution in [0, 0.1) is 0 Å². The average Bonchev–Trinajstić information content (AvgIpc) is 2.91. The summed E-state index contributed by atoms with van der Waals surface area (Å²) in [6, 6.07) is 7.76. The molecule has 21 heavy (non-hydrogen) atoms. The van der Waals surface area contributed by atoms with Gasteiger partial charge >= 0.3 is 0 Å². The van der Waals surface area contributed by atoms with Crippen LogP contribution in [-0.4, -0.2) is 28.5 Å². The Morgan fingerprint density at radius 2 is 2.14 bits per heavy atom. The van der Waals surface area contributed by atoms with Gasteiger partial charge in [-0.25, -0.2) is 9.97 Å². The van der Waals surface area contributed by atoms with Gasteiger partial charge in [0, 0.05) is 29.9 Å². The maximum absolute atomic E-state index is 12.2. The van der Waals surface area contributed by atoms with Gasteiger partial charge < -0.3 is 15.8 Å². The van der Waals surface area contributed by atoms with Crippen LogP contribution in [0.1, 0.15) is 28.9 Å². The fraction of sp³-hybridized carbons (Fsp3) is 0.267. The summed E-state index contributed by atoms with van der Waals surface area (Å²) in [4.78, 5) is 20.1. The summed E-state index contributed by atoms with van der Waals surface area (Å²) in [6.07, 6.45) is 2.90. The van der Waals surface area contributed by atoms with Crippen LogP contribution < -0.4 is 15.8 Å². The Labute approximate surface area is 122 Å². The summed E-state index contributed by atoms with van der Waals surface area (Å²) < 4.78 is 5.64. The lowest BCUT2D eigenvalue weighted by Gasteiger charge is -2.19. The van der Waals surface area contributed by atoms with Crippen molar-refractivity contribution in [3.05, 3.63) is 47.9 Å². The minimum Gasteiger partial charge on any atom is -0.493 e. The van der Waals surface area contributed by atoms with Gasteiger partial charge in [0.15, 0.2) is 11.5 Å². The number of anilines is 1. The summed E-state index contributed by atoms with van der Waals surface area (Å²) in [5.74, 6) is 0.799. The molecule has 3 N–H and O–H groups in total. The molecule has 2 atom stereocenters. The molecule has 0 spiro atoms. The second kappa shape index (κ2) is 5.40. The van der Waals surface area contributed by atoms with E-state index < -0.39 is 0 Å². The van der Waals surface area contributed by atoms with Crippen molar-refractivity contribution in [2.75, 3.05) is 12.3 Å². The molecule has 0 saturated heterocycles. The van der Waals surface area contributed by atoms with E-state index in [-0.39, 0.29) is 29.4 Å². The Hall–Kier alpha value is -2.63. The zero-order valence-electron chi connectivity index (χ0n) is 11.6. The number of aromatic nitrogens is 2. The predicted octanol–water partition coefficient (Wildman–Crippen LogP) is 1.35. The number of hydrogen-bond donors (Lipinski definition) is 2. The molecule has 2 aromatic rings. The summed E-state index contributed by atoms with van der Waals surface area (Å²) in [6.45, 7) is 2.50. The van der Waals surface area contributed by atoms with E-state index >= 15 is 0 Å². The number of ether oxygens (including phenoxy) is 1. The van der Waals surface area contributed by atoms with Crippen molar-refractivity contribution in [2.45, 2.75) is 18.9 Å². The lowest BCUT2D eigenvalue weighted by molar-refractivity contribution is 0.0928. The quantitative estimate of drug-likeness (QED) is 0.888. The number of nitrogens with two attached hydrogens (primary N) is 1. The van der Waals surface area contributed by atoms with E-state index in [1.54, 1.807) is 0 Å². The highest BCUT2D eigenvalue weighted by atomic mass is 16.5. The minimum atomic E-state index is -0.322. The molecule has 6 nitrogen and oxygen atoms in total. The standard InChI is InChI=1S/C15H16N4O2/c1-9(11-8-21-12-5-3-2-4-10(11)12)19-15(20)13-14(16)18-7-6-17-13/h2-7,9,11H,8H2,1H3,(H2,16,18)(H,19,20)/t9-,11+/m1/s1. The van der Waals surface area contributed by atoms with Crippen molar-refractivity contribution in [2.24, 2.45) is 0 Å². The van der Waals surface area contributed by atoms with Gasteiger partial charge in [0.25, 0.3) is 5.91 Å². The highest BCUT2D eigenvalue weighted by Gasteiger charge is 2.30. The first kappa shape index (κ1) is 13.4. The van der Waals surface area contributed by atoms with Gasteiger partial charge in [0.2, 0.25) is 0 Å². The summed E-state index contributed by atoms with van der Waals surface area (Å²) in [5, 5.41) is 2.92. The second-order valence-electron chi connectivity index (χ2n) is 5.01. The first-order valence-corrected chi connectivity index (χ1v) is 6.76. The van der Waals surface area contributed by atoms with Gasteiger partial charge in [-0.15, -0.1) is 0 Å². The Morgan fingerprint density at radius 1 is 1.38 bits per heavy atom. The van der Waals surface area contributed by atoms with Gasteiger partial charge in [-0.05, 0) is 13.0 Å². The lowest BCUT2D eigenvalue weighted by atomic mass is 9.94. The van der Waals surface area contributed by atoms with E-state index in [1.807, 2.05) is 31.2 Å². The van der Waals surface area contributed by atoms with E-state index in [4.69, 9.17) is 10.5 Å². The third-order valence-electron chi connectivity index (χ3n) is 3.64. The number of rotatable bonds is 3. The van der Waals surface area contributed by atoms with E-state index in [0.717, 1.165) is 11.3 Å². The van der Waals surface area contributed by atoms with Crippen LogP contribution in [0.2, 0.25) is 0 Å². The van der Waals surface area contributed by atoms with Crippen molar-refractivity contribution in [3.63, 3.8) is 0 Å². The number of nitrogens with zero attached hydrogens (tertiary/aromatic N) is 2. The maximum Gasteiger partial charge on any atom is 0.273 e. The van der Waals surface area contributed by atoms with E-state index in [2.05, 4.69) is 15.3 Å². The summed E-state index contributed by atoms with van der Waals surface area (Å²) in [5.41, 5.74) is 6.93. The van der Waals surface area contributed by atoms with Crippen molar-refractivity contribution >= 4 is 11.7 Å². The molecule has 0 radical (unpaired) electrons. The molecule has 0 fully saturated rings. The molecule has 0 unspecified atom stereocenters. The normalized spacial score (nSPS) is 17.7. The number of fused-ring (bicyclic) bond motifs is 1. The van der Waals surface area contributed by atoms with Crippen LogP contribution >= 0.6 is 0 Å². The van der Waals surface area contributed by atoms with Crippen LogP contribution in [0.25, 0.3) is 0 Å². The molecule has 0 saturated carbocycles. The fourth-order valence-corrected chi connectivity index (χ4v) is 2.50. The average molecular weight is 284 g/mol. The molecule has 1 aliphatic rings. The van der Waals surface area contributed by atoms with Gasteiger partial charge in [-0.1, -0.05) is 18.2 Å². The van der Waals surface area contributed by atoms with E-state index in [1.165, 1.54) is 12.4 Å². The number of hydrogen-bond acceptors (Lipinski definition) is 5. The molecule has 1 aromatic carbocycles. The maximum atomic E-state index is 12.2. The van der Waals surface area contributed by atoms with Gasteiger partial charge in [0.1, 0.15) is 5.75 Å². The molecule has 2 heterocycles. The van der Waals surface area contributed by atoms with Gasteiger partial charge in [-0.2, -0.15) is 0 Å². The van der Waals surface area contributed by atoms with Crippen LogP contribution in [0.5, 0.6) is 5.75 Å². The van der Waals surface area contributed by atoms with Crippen molar-refractivity contribution in [1.29, 1.82) is 0 Å². The smallest absolute Gasteiger partial charge is 0.273 e. The van der Waals surface area contributed by atoms with E-state index in [9.17, 15) is 4.79 Å². The molecule has 1 amide bonds. The number of nitrogen functional groups attached to an aromatic ring is 1. The highest BCUT2D eigenvalue weighted by molar-refractivity contribution is 5.96. The number of benzene rings is 1. The molecule has 1 aliphatic heterocycles. The zero-order chi connectivity index (χ0) is 14.8. The van der Waals surface area contributed by atoms with Crippen LogP contribution in [-0.2, 0) is 0 Å². The van der Waals surface area contributed by atoms with E-state index in [0.29, 0.717) is 6.61 Å². The number of carbonyl (C=O) groups is 1. The summed E-state index contributed by atoms with van der Waals surface area (Å²) >= 11 is 0. The molecular weight excluding hydrogens is 268 g/mol. The van der Waals surface area contributed by atoms with Crippen molar-refractivity contribution < 1.29 is 9.53 Å². The Kier molecular flexibility index (Phi) is 3.43. The predicted molar refractivity (Wildman–Crippen MR) is 78.1 cm³/mol. The Balaban J connectivity index is 1.75. The molecule has 0 aliphatic carbocycles. The molecule has 3 rings (SSSR count). The van der Waals surface area contributed by atoms with Gasteiger partial charge in [-0.3, -0.25) is 4.79 Å². The molecule has 1 aromatic heterocycles. The van der Waals surface area contributed by atoms with Crippen molar-refractivity contribution in [3.8, 4) is 5.75 Å². The molecular formula is C15H16N4O2.